The Morgan fingerprint density at radius 1 is 1.19 bits per heavy atom. The lowest BCUT2D eigenvalue weighted by molar-refractivity contribution is -0.153. The average Bonchev–Trinajstić information content (AvgIpc) is 3.27. The molecule has 0 radical (unpaired) electrons. The number of carbonyl (C=O) groups is 4. The number of nitrogens with zero attached hydrogens (tertiary/aromatic N) is 1. The van der Waals surface area contributed by atoms with E-state index in [1.165, 1.54) is 18.1 Å². The molecule has 2 heterocycles. The number of furan rings is 1. The number of hydrogen-bond donors (Lipinski definition) is 0. The molecule has 27 heavy (non-hydrogen) atoms. The zero-order valence-corrected chi connectivity index (χ0v) is 15.0. The molecular weight excluding hydrogens is 350 g/mol. The van der Waals surface area contributed by atoms with Crippen LogP contribution in [0.15, 0.2) is 47.1 Å². The van der Waals surface area contributed by atoms with Crippen LogP contribution < -0.4 is 4.90 Å². The molecule has 0 saturated carbocycles. The van der Waals surface area contributed by atoms with E-state index < -0.39 is 23.7 Å². The molecule has 2 aromatic rings. The van der Waals surface area contributed by atoms with E-state index in [2.05, 4.69) is 0 Å². The molecule has 0 fully saturated rings. The second kappa shape index (κ2) is 7.57. The molecule has 1 aromatic carbocycles. The number of para-hydroxylation sites is 1. The Balaban J connectivity index is 2.02. The summed E-state index contributed by atoms with van der Waals surface area (Å²) in [6.45, 7) is 3.03. The minimum absolute atomic E-state index is 0.0728. The summed E-state index contributed by atoms with van der Waals surface area (Å²) in [5.74, 6) is -2.82. The first-order valence-corrected chi connectivity index (χ1v) is 8.62. The summed E-state index contributed by atoms with van der Waals surface area (Å²) in [7, 11) is 0. The van der Waals surface area contributed by atoms with E-state index in [4.69, 9.17) is 9.15 Å². The Hall–Kier alpha value is -3.22. The van der Waals surface area contributed by atoms with E-state index >= 15 is 0 Å². The lowest BCUT2D eigenvalue weighted by Gasteiger charge is -2.28. The molecule has 7 heteroatoms. The van der Waals surface area contributed by atoms with Crippen molar-refractivity contribution in [2.45, 2.75) is 32.2 Å². The molecule has 1 aliphatic rings. The fraction of sp³-hybridized carbons (Fsp3) is 0.300. The van der Waals surface area contributed by atoms with Gasteiger partial charge in [0.25, 0.3) is 0 Å². The molecule has 0 unspecified atom stereocenters. The Kier molecular flexibility index (Phi) is 5.21. The second-order valence-electron chi connectivity index (χ2n) is 6.18. The molecule has 0 aliphatic carbocycles. The number of fused-ring (bicyclic) bond motifs is 1. The van der Waals surface area contributed by atoms with Crippen LogP contribution in [0.4, 0.5) is 5.69 Å². The highest BCUT2D eigenvalue weighted by Crippen LogP contribution is 2.40. The number of benzene rings is 1. The van der Waals surface area contributed by atoms with Gasteiger partial charge in [-0.3, -0.25) is 14.4 Å². The number of rotatable bonds is 6. The fourth-order valence-corrected chi connectivity index (χ4v) is 3.41. The van der Waals surface area contributed by atoms with Gasteiger partial charge in [0, 0.05) is 18.9 Å². The number of hydrogen-bond acceptors (Lipinski definition) is 6. The lowest BCUT2D eigenvalue weighted by atomic mass is 9.88. The number of carbonyl (C=O) groups excluding carboxylic acids is 4. The van der Waals surface area contributed by atoms with E-state index in [-0.39, 0.29) is 24.7 Å². The highest BCUT2D eigenvalue weighted by Gasteiger charge is 2.46. The van der Waals surface area contributed by atoms with E-state index in [0.717, 1.165) is 0 Å². The molecule has 140 valence electrons. The minimum atomic E-state index is -0.968. The Labute approximate surface area is 155 Å². The quantitative estimate of drug-likeness (QED) is 0.574. The van der Waals surface area contributed by atoms with E-state index in [9.17, 15) is 19.2 Å². The van der Waals surface area contributed by atoms with Crippen molar-refractivity contribution in [3.8, 4) is 0 Å². The normalized spacial score (nSPS) is 16.7. The van der Waals surface area contributed by atoms with Gasteiger partial charge in [-0.15, -0.1) is 0 Å². The van der Waals surface area contributed by atoms with Gasteiger partial charge in [0.05, 0.1) is 24.5 Å². The number of amides is 1. The molecule has 1 aliphatic heterocycles. The minimum Gasteiger partial charge on any atom is -0.469 e. The molecule has 1 amide bonds. The van der Waals surface area contributed by atoms with Crippen LogP contribution in [0, 0.1) is 0 Å². The predicted octanol–water partition coefficient (Wildman–Crippen LogP) is 2.50. The third-order valence-corrected chi connectivity index (χ3v) is 4.51. The molecule has 0 N–H and O–H groups in total. The third-order valence-electron chi connectivity index (χ3n) is 4.51. The summed E-state index contributed by atoms with van der Waals surface area (Å²) in [5.41, 5.74) is 0.887. The number of ether oxygens (including phenoxy) is 1. The van der Waals surface area contributed by atoms with Crippen molar-refractivity contribution >= 4 is 29.1 Å². The van der Waals surface area contributed by atoms with Gasteiger partial charge in [-0.25, -0.2) is 4.79 Å². The van der Waals surface area contributed by atoms with Gasteiger partial charge < -0.3 is 14.1 Å². The zero-order chi connectivity index (χ0) is 19.6. The molecule has 3 rings (SSSR count). The summed E-state index contributed by atoms with van der Waals surface area (Å²) in [6, 6.07) is 9.05. The van der Waals surface area contributed by atoms with Crippen LogP contribution in [0.1, 0.15) is 42.3 Å². The molecule has 2 atom stereocenters. The van der Waals surface area contributed by atoms with Gasteiger partial charge in [-0.1, -0.05) is 12.1 Å². The van der Waals surface area contributed by atoms with Crippen LogP contribution in [0.5, 0.6) is 0 Å². The number of anilines is 1. The third kappa shape index (κ3) is 3.40. The largest absolute Gasteiger partial charge is 0.469 e. The number of Topliss-reactive ketones (excluding diaryl/α,β-unsaturated/α-hetero) is 2. The monoisotopic (exact) mass is 369 g/mol. The second-order valence-corrected chi connectivity index (χ2v) is 6.18. The fourth-order valence-electron chi connectivity index (χ4n) is 3.41. The van der Waals surface area contributed by atoms with Gasteiger partial charge in [0.1, 0.15) is 11.8 Å². The van der Waals surface area contributed by atoms with Crippen molar-refractivity contribution in [3.05, 3.63) is 54.0 Å². The zero-order valence-electron chi connectivity index (χ0n) is 15.0. The summed E-state index contributed by atoms with van der Waals surface area (Å²) >= 11 is 0. The predicted molar refractivity (Wildman–Crippen MR) is 95.4 cm³/mol. The van der Waals surface area contributed by atoms with E-state index in [1.807, 2.05) is 0 Å². The van der Waals surface area contributed by atoms with Crippen molar-refractivity contribution in [2.24, 2.45) is 0 Å². The average molecular weight is 369 g/mol. The number of ketones is 2. The SMILES string of the molecule is CCOC(=O)C(=O)C[C@@H](c1ccco1)[C@H]1C(=O)c2ccccc2N1C(C)=O. The van der Waals surface area contributed by atoms with Gasteiger partial charge in [0.15, 0.2) is 5.78 Å². The van der Waals surface area contributed by atoms with Crippen LogP contribution in [-0.4, -0.2) is 36.1 Å². The molecule has 0 spiro atoms. The van der Waals surface area contributed by atoms with Gasteiger partial charge in [0.2, 0.25) is 11.7 Å². The topological polar surface area (TPSA) is 93.9 Å². The van der Waals surface area contributed by atoms with E-state index in [0.29, 0.717) is 17.0 Å². The maximum absolute atomic E-state index is 13.1. The van der Waals surface area contributed by atoms with Crippen molar-refractivity contribution in [3.63, 3.8) is 0 Å². The first-order chi connectivity index (χ1) is 13.0. The van der Waals surface area contributed by atoms with Crippen LogP contribution in [-0.2, 0) is 19.1 Å². The molecule has 7 nitrogen and oxygen atoms in total. The van der Waals surface area contributed by atoms with Crippen LogP contribution in [0.25, 0.3) is 0 Å². The highest BCUT2D eigenvalue weighted by molar-refractivity contribution is 6.34. The van der Waals surface area contributed by atoms with Crippen LogP contribution >= 0.6 is 0 Å². The van der Waals surface area contributed by atoms with Crippen LogP contribution in [0.2, 0.25) is 0 Å². The first kappa shape index (κ1) is 18.6. The van der Waals surface area contributed by atoms with Crippen molar-refractivity contribution < 1.29 is 28.3 Å². The highest BCUT2D eigenvalue weighted by atomic mass is 16.5. The van der Waals surface area contributed by atoms with Crippen molar-refractivity contribution in [2.75, 3.05) is 11.5 Å². The van der Waals surface area contributed by atoms with Gasteiger partial charge in [-0.05, 0) is 31.2 Å². The molecule has 0 bridgehead atoms. The number of esters is 1. The Morgan fingerprint density at radius 2 is 1.93 bits per heavy atom. The smallest absolute Gasteiger partial charge is 0.374 e. The lowest BCUT2D eigenvalue weighted by Crippen LogP contribution is -2.44. The maximum Gasteiger partial charge on any atom is 0.374 e. The van der Waals surface area contributed by atoms with Gasteiger partial charge >= 0.3 is 5.97 Å². The summed E-state index contributed by atoms with van der Waals surface area (Å²) in [4.78, 5) is 50.9. The Bertz CT molecular complexity index is 886. The summed E-state index contributed by atoms with van der Waals surface area (Å²) in [5, 5.41) is 0. The molecule has 0 saturated heterocycles. The first-order valence-electron chi connectivity index (χ1n) is 8.62. The van der Waals surface area contributed by atoms with Crippen molar-refractivity contribution in [1.82, 2.24) is 0 Å². The summed E-state index contributed by atoms with van der Waals surface area (Å²) < 4.78 is 10.2. The van der Waals surface area contributed by atoms with Crippen molar-refractivity contribution in [1.29, 1.82) is 0 Å². The molecule has 1 aromatic heterocycles. The summed E-state index contributed by atoms with van der Waals surface area (Å²) in [6.07, 6.45) is 1.11. The molecular formula is C20H19NO6. The standard InChI is InChI=1S/C20H19NO6/c1-3-26-20(25)16(23)11-14(17-9-6-10-27-17)18-19(24)13-7-4-5-8-15(13)21(18)12(2)22/h4-10,14,18H,3,11H2,1-2H3/t14-,18-/m0/s1. The van der Waals surface area contributed by atoms with Crippen LogP contribution in [0.3, 0.4) is 0 Å². The Morgan fingerprint density at radius 3 is 2.56 bits per heavy atom. The van der Waals surface area contributed by atoms with E-state index in [1.54, 1.807) is 43.3 Å². The van der Waals surface area contributed by atoms with Gasteiger partial charge in [-0.2, -0.15) is 0 Å². The maximum atomic E-state index is 13.1.